The van der Waals surface area contributed by atoms with Crippen molar-refractivity contribution in [2.24, 2.45) is 0 Å². The zero-order chi connectivity index (χ0) is 18.4. The molecule has 0 spiro atoms. The second-order valence-electron chi connectivity index (χ2n) is 4.90. The van der Waals surface area contributed by atoms with Gasteiger partial charge in [0.05, 0.1) is 10.5 Å². The third-order valence-corrected chi connectivity index (χ3v) is 3.71. The van der Waals surface area contributed by atoms with Gasteiger partial charge in [-0.05, 0) is 23.8 Å². The number of esters is 1. The number of hydrogen-bond acceptors (Lipinski definition) is 5. The Kier molecular flexibility index (Phi) is 6.32. The molecule has 1 amide bonds. The average molecular weight is 383 g/mol. The molecule has 2 aromatic carbocycles. The van der Waals surface area contributed by atoms with Crippen LogP contribution in [0.5, 0.6) is 0 Å². The zero-order valence-corrected chi connectivity index (χ0v) is 14.2. The van der Waals surface area contributed by atoms with E-state index in [1.165, 1.54) is 18.2 Å². The van der Waals surface area contributed by atoms with E-state index in [2.05, 4.69) is 5.32 Å². The van der Waals surface area contributed by atoms with E-state index in [1.54, 1.807) is 18.2 Å². The van der Waals surface area contributed by atoms with E-state index in [-0.39, 0.29) is 17.8 Å². The van der Waals surface area contributed by atoms with Crippen LogP contribution in [0.4, 0.5) is 5.69 Å². The predicted molar refractivity (Wildman–Crippen MR) is 91.7 cm³/mol. The zero-order valence-electron chi connectivity index (χ0n) is 12.7. The van der Waals surface area contributed by atoms with E-state index >= 15 is 0 Å². The molecule has 0 radical (unpaired) electrons. The van der Waals surface area contributed by atoms with E-state index in [0.717, 1.165) is 6.07 Å². The molecule has 130 valence electrons. The molecule has 0 heterocycles. The maximum atomic E-state index is 11.8. The normalized spacial score (nSPS) is 10.2. The van der Waals surface area contributed by atoms with Crippen LogP contribution in [0, 0.1) is 10.1 Å². The quantitative estimate of drug-likeness (QED) is 0.469. The molecule has 0 saturated heterocycles. The third-order valence-electron chi connectivity index (χ3n) is 3.12. The van der Waals surface area contributed by atoms with Crippen LogP contribution >= 0.6 is 23.2 Å². The summed E-state index contributed by atoms with van der Waals surface area (Å²) in [6, 6.07) is 9.90. The molecular formula is C16H12Cl2N2O5. The molecule has 2 aromatic rings. The van der Waals surface area contributed by atoms with E-state index in [1.807, 2.05) is 0 Å². The van der Waals surface area contributed by atoms with Gasteiger partial charge in [-0.15, -0.1) is 0 Å². The molecule has 25 heavy (non-hydrogen) atoms. The van der Waals surface area contributed by atoms with Gasteiger partial charge >= 0.3 is 5.97 Å². The topological polar surface area (TPSA) is 98.5 Å². The monoisotopic (exact) mass is 382 g/mol. The minimum absolute atomic E-state index is 0.0113. The van der Waals surface area contributed by atoms with Gasteiger partial charge in [-0.1, -0.05) is 35.3 Å². The summed E-state index contributed by atoms with van der Waals surface area (Å²) in [7, 11) is 0. The first kappa shape index (κ1) is 18.7. The van der Waals surface area contributed by atoms with Gasteiger partial charge in [-0.25, -0.2) is 4.79 Å². The minimum Gasteiger partial charge on any atom is -0.452 e. The summed E-state index contributed by atoms with van der Waals surface area (Å²) < 4.78 is 4.83. The van der Waals surface area contributed by atoms with Gasteiger partial charge in [0.15, 0.2) is 6.61 Å². The van der Waals surface area contributed by atoms with Gasteiger partial charge in [-0.2, -0.15) is 0 Å². The number of nitrogens with one attached hydrogen (secondary N) is 1. The van der Waals surface area contributed by atoms with Crippen LogP contribution in [-0.2, 0) is 16.1 Å². The molecule has 0 aliphatic carbocycles. The van der Waals surface area contributed by atoms with Crippen LogP contribution in [0.25, 0.3) is 0 Å². The van der Waals surface area contributed by atoms with Crippen LogP contribution in [0.15, 0.2) is 42.5 Å². The SMILES string of the molecule is O=C(COC(=O)c1cccc([N+](=O)[O-])c1)NCc1ccc(Cl)cc1Cl. The molecule has 0 fully saturated rings. The lowest BCUT2D eigenvalue weighted by Gasteiger charge is -2.08. The molecule has 0 atom stereocenters. The van der Waals surface area contributed by atoms with Crippen LogP contribution in [0.1, 0.15) is 15.9 Å². The number of nitrogens with zero attached hydrogens (tertiary/aromatic N) is 1. The molecule has 9 heteroatoms. The van der Waals surface area contributed by atoms with Crippen LogP contribution in [-0.4, -0.2) is 23.4 Å². The molecule has 0 aliphatic heterocycles. The second kappa shape index (κ2) is 8.46. The van der Waals surface area contributed by atoms with Gasteiger partial charge in [-0.3, -0.25) is 14.9 Å². The summed E-state index contributed by atoms with van der Waals surface area (Å²) in [6.45, 7) is -0.379. The molecule has 0 unspecified atom stereocenters. The average Bonchev–Trinajstić information content (AvgIpc) is 2.59. The number of nitro groups is 1. The Morgan fingerprint density at radius 1 is 1.16 bits per heavy atom. The lowest BCUT2D eigenvalue weighted by atomic mass is 10.2. The number of halogens is 2. The maximum Gasteiger partial charge on any atom is 0.338 e. The molecule has 1 N–H and O–H groups in total. The molecule has 0 saturated carbocycles. The fourth-order valence-electron chi connectivity index (χ4n) is 1.87. The first-order chi connectivity index (χ1) is 11.9. The van der Waals surface area contributed by atoms with Crippen molar-refractivity contribution in [3.05, 3.63) is 73.8 Å². The maximum absolute atomic E-state index is 11.8. The van der Waals surface area contributed by atoms with E-state index in [9.17, 15) is 19.7 Å². The summed E-state index contributed by atoms with van der Waals surface area (Å²) in [4.78, 5) is 33.6. The molecule has 0 aromatic heterocycles. The Balaban J connectivity index is 1.86. The standard InChI is InChI=1S/C16H12Cl2N2O5/c17-12-5-4-11(14(18)7-12)8-19-15(21)9-25-16(22)10-2-1-3-13(6-10)20(23)24/h1-7H,8-9H2,(H,19,21). The van der Waals surface area contributed by atoms with Crippen molar-refractivity contribution in [3.63, 3.8) is 0 Å². The number of hydrogen-bond donors (Lipinski definition) is 1. The Labute approximate surface area is 152 Å². The number of non-ortho nitro benzene ring substituents is 1. The number of ether oxygens (including phenoxy) is 1. The number of nitro benzene ring substituents is 1. The highest BCUT2D eigenvalue weighted by Gasteiger charge is 2.14. The molecule has 2 rings (SSSR count). The number of rotatable bonds is 6. The fraction of sp³-hybridized carbons (Fsp3) is 0.125. The number of benzene rings is 2. The smallest absolute Gasteiger partial charge is 0.338 e. The Morgan fingerprint density at radius 2 is 1.92 bits per heavy atom. The van der Waals surface area contributed by atoms with Crippen molar-refractivity contribution in [1.82, 2.24) is 5.32 Å². The van der Waals surface area contributed by atoms with Crippen LogP contribution in [0.2, 0.25) is 10.0 Å². The molecule has 0 bridgehead atoms. The number of carbonyl (C=O) groups excluding carboxylic acids is 2. The number of amides is 1. The highest BCUT2D eigenvalue weighted by atomic mass is 35.5. The van der Waals surface area contributed by atoms with Gasteiger partial charge in [0.2, 0.25) is 0 Å². The van der Waals surface area contributed by atoms with Crippen LogP contribution < -0.4 is 5.32 Å². The largest absolute Gasteiger partial charge is 0.452 e. The van der Waals surface area contributed by atoms with Crippen molar-refractivity contribution in [2.45, 2.75) is 6.54 Å². The van der Waals surface area contributed by atoms with Gasteiger partial charge in [0.25, 0.3) is 11.6 Å². The van der Waals surface area contributed by atoms with E-state index < -0.39 is 23.4 Å². The Morgan fingerprint density at radius 3 is 2.60 bits per heavy atom. The second-order valence-corrected chi connectivity index (χ2v) is 5.74. The van der Waals surface area contributed by atoms with Crippen molar-refractivity contribution >= 4 is 40.8 Å². The fourth-order valence-corrected chi connectivity index (χ4v) is 2.35. The Hall–Kier alpha value is -2.64. The van der Waals surface area contributed by atoms with Crippen LogP contribution in [0.3, 0.4) is 0 Å². The van der Waals surface area contributed by atoms with Gasteiger partial charge in [0.1, 0.15) is 0 Å². The molecule has 0 aliphatic rings. The Bertz CT molecular complexity index is 826. The first-order valence-electron chi connectivity index (χ1n) is 6.99. The van der Waals surface area contributed by atoms with E-state index in [0.29, 0.717) is 15.6 Å². The predicted octanol–water partition coefficient (Wildman–Crippen LogP) is 3.37. The van der Waals surface area contributed by atoms with Crippen molar-refractivity contribution in [3.8, 4) is 0 Å². The lowest BCUT2D eigenvalue weighted by Crippen LogP contribution is -2.28. The van der Waals surface area contributed by atoms with Crippen molar-refractivity contribution < 1.29 is 19.2 Å². The minimum atomic E-state index is -0.830. The summed E-state index contributed by atoms with van der Waals surface area (Å²) in [5.41, 5.74) is 0.406. The van der Waals surface area contributed by atoms with Gasteiger partial charge in [0, 0.05) is 28.7 Å². The summed E-state index contributed by atoms with van der Waals surface area (Å²) in [5, 5.41) is 14.1. The van der Waals surface area contributed by atoms with Crippen molar-refractivity contribution in [2.75, 3.05) is 6.61 Å². The van der Waals surface area contributed by atoms with E-state index in [4.69, 9.17) is 27.9 Å². The highest BCUT2D eigenvalue weighted by molar-refractivity contribution is 6.35. The summed E-state index contributed by atoms with van der Waals surface area (Å²) >= 11 is 11.8. The molecule has 7 nitrogen and oxygen atoms in total. The third kappa shape index (κ3) is 5.44. The summed E-state index contributed by atoms with van der Waals surface area (Å²) in [5.74, 6) is -1.37. The first-order valence-corrected chi connectivity index (χ1v) is 7.74. The van der Waals surface area contributed by atoms with Crippen molar-refractivity contribution in [1.29, 1.82) is 0 Å². The lowest BCUT2D eigenvalue weighted by molar-refractivity contribution is -0.384. The van der Waals surface area contributed by atoms with Gasteiger partial charge < -0.3 is 10.1 Å². The molecular weight excluding hydrogens is 371 g/mol. The highest BCUT2D eigenvalue weighted by Crippen LogP contribution is 2.20. The summed E-state index contributed by atoms with van der Waals surface area (Å²) in [6.07, 6.45) is 0. The number of carbonyl (C=O) groups is 2.